The number of aromatic nitrogens is 3. The van der Waals surface area contributed by atoms with Crippen LogP contribution in [0.1, 0.15) is 11.3 Å². The van der Waals surface area contributed by atoms with Crippen LogP contribution in [0, 0.1) is 0 Å². The third-order valence-electron chi connectivity index (χ3n) is 4.92. The molecule has 0 aliphatic carbocycles. The van der Waals surface area contributed by atoms with Crippen LogP contribution in [0.2, 0.25) is 10.0 Å². The van der Waals surface area contributed by atoms with Gasteiger partial charge in [-0.05, 0) is 47.5 Å². The fourth-order valence-corrected chi connectivity index (χ4v) is 3.50. The van der Waals surface area contributed by atoms with Crippen molar-refractivity contribution in [3.63, 3.8) is 0 Å². The lowest BCUT2D eigenvalue weighted by molar-refractivity contribution is -0.141. The highest BCUT2D eigenvalue weighted by Crippen LogP contribution is 2.33. The predicted molar refractivity (Wildman–Crippen MR) is 127 cm³/mol. The number of halogens is 5. The first kappa shape index (κ1) is 24.4. The van der Waals surface area contributed by atoms with Gasteiger partial charge < -0.3 is 0 Å². The third kappa shape index (κ3) is 6.06. The monoisotopic (exact) mass is 517 g/mol. The second-order valence-corrected chi connectivity index (χ2v) is 8.27. The predicted octanol–water partition coefficient (Wildman–Crippen LogP) is 6.52. The highest BCUT2D eigenvalue weighted by molar-refractivity contribution is 6.31. The molecule has 0 unspecified atom stereocenters. The Morgan fingerprint density at radius 2 is 1.51 bits per heavy atom. The zero-order chi connectivity index (χ0) is 25.0. The molecule has 0 saturated carbocycles. The Morgan fingerprint density at radius 1 is 0.886 bits per heavy atom. The summed E-state index contributed by atoms with van der Waals surface area (Å²) in [7, 11) is 0. The van der Waals surface area contributed by atoms with Gasteiger partial charge in [-0.25, -0.2) is 0 Å². The van der Waals surface area contributed by atoms with E-state index in [4.69, 9.17) is 23.2 Å². The second kappa shape index (κ2) is 10.3. The van der Waals surface area contributed by atoms with Crippen LogP contribution in [0.25, 0.3) is 22.4 Å². The Labute approximate surface area is 208 Å². The summed E-state index contributed by atoms with van der Waals surface area (Å²) in [6.07, 6.45) is -2.98. The molecule has 6 nitrogen and oxygen atoms in total. The lowest BCUT2D eigenvalue weighted by Crippen LogP contribution is -2.28. The van der Waals surface area contributed by atoms with Gasteiger partial charge in [0.1, 0.15) is 11.4 Å². The SMILES string of the molecule is O=CN(Cc1ccc(C(F)(F)F)nc1)Nc1cc(-c2ccc(Cl)cc2)c(-c2ccc(Cl)cc2)nn1. The largest absolute Gasteiger partial charge is 0.433 e. The van der Waals surface area contributed by atoms with Crippen LogP contribution in [0.15, 0.2) is 72.9 Å². The number of benzene rings is 2. The molecule has 0 radical (unpaired) electrons. The zero-order valence-corrected chi connectivity index (χ0v) is 19.3. The minimum atomic E-state index is -4.54. The van der Waals surface area contributed by atoms with E-state index in [1.807, 2.05) is 24.3 Å². The molecule has 0 bridgehead atoms. The van der Waals surface area contributed by atoms with Gasteiger partial charge >= 0.3 is 6.18 Å². The molecule has 2 heterocycles. The number of alkyl halides is 3. The molecule has 0 aliphatic heterocycles. The molecule has 0 aliphatic rings. The van der Waals surface area contributed by atoms with Crippen molar-refractivity contribution in [1.29, 1.82) is 0 Å². The second-order valence-electron chi connectivity index (χ2n) is 7.40. The van der Waals surface area contributed by atoms with Crippen molar-refractivity contribution in [1.82, 2.24) is 20.2 Å². The highest BCUT2D eigenvalue weighted by atomic mass is 35.5. The molecule has 178 valence electrons. The van der Waals surface area contributed by atoms with E-state index in [0.29, 0.717) is 33.3 Å². The van der Waals surface area contributed by atoms with Crippen molar-refractivity contribution in [2.75, 3.05) is 5.43 Å². The molecule has 4 aromatic rings. The van der Waals surface area contributed by atoms with Gasteiger partial charge in [0, 0.05) is 27.4 Å². The van der Waals surface area contributed by atoms with Crippen LogP contribution < -0.4 is 5.43 Å². The van der Waals surface area contributed by atoms with E-state index in [1.165, 1.54) is 6.07 Å². The van der Waals surface area contributed by atoms with E-state index < -0.39 is 11.9 Å². The third-order valence-corrected chi connectivity index (χ3v) is 5.42. The van der Waals surface area contributed by atoms with Gasteiger partial charge in [0.15, 0.2) is 5.82 Å². The molecule has 0 atom stereocenters. The first-order chi connectivity index (χ1) is 16.7. The molecule has 11 heteroatoms. The molecule has 0 fully saturated rings. The van der Waals surface area contributed by atoms with Crippen LogP contribution in [-0.2, 0) is 17.5 Å². The van der Waals surface area contributed by atoms with Gasteiger partial charge in [0.25, 0.3) is 0 Å². The maximum Gasteiger partial charge on any atom is 0.433 e. The topological polar surface area (TPSA) is 71.0 Å². The molecule has 35 heavy (non-hydrogen) atoms. The lowest BCUT2D eigenvalue weighted by Gasteiger charge is -2.20. The summed E-state index contributed by atoms with van der Waals surface area (Å²) in [5, 5.41) is 10.8. The minimum absolute atomic E-state index is 0.0501. The zero-order valence-electron chi connectivity index (χ0n) is 17.8. The minimum Gasteiger partial charge on any atom is -0.278 e. The Balaban J connectivity index is 1.62. The molecular formula is C24H16Cl2F3N5O. The van der Waals surface area contributed by atoms with E-state index in [9.17, 15) is 18.0 Å². The summed E-state index contributed by atoms with van der Waals surface area (Å²) in [6.45, 7) is -0.0501. The normalized spacial score (nSPS) is 11.2. The summed E-state index contributed by atoms with van der Waals surface area (Å²) in [5.41, 5.74) is 5.09. The Bertz CT molecular complexity index is 1320. The molecular weight excluding hydrogens is 502 g/mol. The summed E-state index contributed by atoms with van der Waals surface area (Å²) in [5.74, 6) is 0.250. The van der Waals surface area contributed by atoms with Gasteiger partial charge in [0.2, 0.25) is 6.41 Å². The van der Waals surface area contributed by atoms with Crippen LogP contribution >= 0.6 is 23.2 Å². The van der Waals surface area contributed by atoms with Crippen LogP contribution in [0.3, 0.4) is 0 Å². The standard InChI is InChI=1S/C24H16Cl2F3N5O/c25-18-6-2-16(3-7-18)20-11-22(31-32-23(20)17-4-8-19(26)9-5-17)33-34(14-35)13-15-1-10-21(30-12-15)24(27,28)29/h1-12,14H,13H2,(H,31,33). The van der Waals surface area contributed by atoms with Crippen LogP contribution in [0.4, 0.5) is 19.0 Å². The van der Waals surface area contributed by atoms with E-state index in [1.54, 1.807) is 30.3 Å². The first-order valence-corrected chi connectivity index (χ1v) is 10.9. The number of nitrogens with one attached hydrogen (secondary N) is 1. The smallest absolute Gasteiger partial charge is 0.278 e. The quantitative estimate of drug-likeness (QED) is 0.223. The molecule has 1 N–H and O–H groups in total. The van der Waals surface area contributed by atoms with Crippen molar-refractivity contribution in [2.24, 2.45) is 0 Å². The van der Waals surface area contributed by atoms with Crippen molar-refractivity contribution in [3.05, 3.63) is 94.2 Å². The number of anilines is 1. The maximum absolute atomic E-state index is 12.7. The summed E-state index contributed by atoms with van der Waals surface area (Å²) in [4.78, 5) is 15.1. The van der Waals surface area contributed by atoms with Gasteiger partial charge in [-0.2, -0.15) is 13.2 Å². The fraction of sp³-hybridized carbons (Fsp3) is 0.0833. The average Bonchev–Trinajstić information content (AvgIpc) is 2.84. The summed E-state index contributed by atoms with van der Waals surface area (Å²) in [6, 6.07) is 18.1. The highest BCUT2D eigenvalue weighted by Gasteiger charge is 2.32. The number of hydrogen-bond acceptors (Lipinski definition) is 5. The van der Waals surface area contributed by atoms with Gasteiger partial charge in [-0.3, -0.25) is 20.2 Å². The average molecular weight is 518 g/mol. The van der Waals surface area contributed by atoms with E-state index >= 15 is 0 Å². The number of nitrogens with zero attached hydrogens (tertiary/aromatic N) is 4. The lowest BCUT2D eigenvalue weighted by atomic mass is 10.00. The molecule has 2 aromatic carbocycles. The van der Waals surface area contributed by atoms with E-state index in [2.05, 4.69) is 20.6 Å². The summed E-state index contributed by atoms with van der Waals surface area (Å²) >= 11 is 12.0. The number of pyridine rings is 1. The maximum atomic E-state index is 12.7. The van der Waals surface area contributed by atoms with E-state index in [0.717, 1.165) is 28.4 Å². The Morgan fingerprint density at radius 3 is 2.06 bits per heavy atom. The molecule has 0 saturated heterocycles. The van der Waals surface area contributed by atoms with Crippen molar-refractivity contribution >= 4 is 35.4 Å². The molecule has 1 amide bonds. The number of hydrazine groups is 1. The number of carbonyl (C=O) groups is 1. The van der Waals surface area contributed by atoms with Crippen molar-refractivity contribution in [2.45, 2.75) is 12.7 Å². The number of amides is 1. The van der Waals surface area contributed by atoms with Gasteiger partial charge in [0.05, 0.1) is 6.54 Å². The molecule has 4 rings (SSSR count). The number of rotatable bonds is 7. The molecule has 0 spiro atoms. The van der Waals surface area contributed by atoms with E-state index in [-0.39, 0.29) is 12.4 Å². The summed E-state index contributed by atoms with van der Waals surface area (Å²) < 4.78 is 38.2. The number of carbonyl (C=O) groups excluding carboxylic acids is 1. The Kier molecular flexibility index (Phi) is 7.18. The van der Waals surface area contributed by atoms with Gasteiger partial charge in [-0.1, -0.05) is 53.5 Å². The van der Waals surface area contributed by atoms with Crippen molar-refractivity contribution < 1.29 is 18.0 Å². The Hall–Kier alpha value is -3.69. The van der Waals surface area contributed by atoms with Crippen LogP contribution in [0.5, 0.6) is 0 Å². The fourth-order valence-electron chi connectivity index (χ4n) is 3.25. The number of hydrogen-bond donors (Lipinski definition) is 1. The van der Waals surface area contributed by atoms with Crippen molar-refractivity contribution in [3.8, 4) is 22.4 Å². The van der Waals surface area contributed by atoms with Crippen LogP contribution in [-0.4, -0.2) is 26.6 Å². The first-order valence-electron chi connectivity index (χ1n) is 10.1. The van der Waals surface area contributed by atoms with Gasteiger partial charge in [-0.15, -0.1) is 10.2 Å². The molecule has 2 aromatic heterocycles.